The minimum Gasteiger partial charge on any atom is -0.370 e. The number of nitrogens with zero attached hydrogens (tertiary/aromatic N) is 1. The maximum atomic E-state index is 11.5. The number of hydrogen-bond donors (Lipinski definition) is 2. The predicted octanol–water partition coefficient (Wildman–Crippen LogP) is -0.439. The summed E-state index contributed by atoms with van der Waals surface area (Å²) in [6, 6.07) is 0.745. The summed E-state index contributed by atoms with van der Waals surface area (Å²) in [6.45, 7) is 5.00. The van der Waals surface area contributed by atoms with E-state index in [-0.39, 0.29) is 12.5 Å². The molecule has 1 rings (SSSR count). The summed E-state index contributed by atoms with van der Waals surface area (Å²) in [4.78, 5) is 13.9. The summed E-state index contributed by atoms with van der Waals surface area (Å²) in [5.74, 6) is -0.114. The van der Waals surface area contributed by atoms with Crippen LogP contribution in [0.3, 0.4) is 0 Å². The molecule has 0 saturated heterocycles. The number of methoxy groups -OCH3 is 1. The van der Waals surface area contributed by atoms with Crippen LogP contribution in [0, 0.1) is 0 Å². The molecule has 1 unspecified atom stereocenters. The molecule has 3 N–H and O–H groups in total. The standard InChI is InChI=1S/C11H23N3O2/c1-3-14(9-4-5-9)7-6-13-11(15)10(8-12)16-2/h9-10H,3-8,12H2,1-2H3,(H,13,15). The van der Waals surface area contributed by atoms with Crippen molar-refractivity contribution in [2.45, 2.75) is 31.9 Å². The van der Waals surface area contributed by atoms with Crippen LogP contribution in [0.1, 0.15) is 19.8 Å². The molecule has 1 fully saturated rings. The van der Waals surface area contributed by atoms with Gasteiger partial charge in [0.1, 0.15) is 6.10 Å². The lowest BCUT2D eigenvalue weighted by atomic mass is 10.3. The lowest BCUT2D eigenvalue weighted by Gasteiger charge is -2.20. The molecule has 5 nitrogen and oxygen atoms in total. The summed E-state index contributed by atoms with van der Waals surface area (Å²) in [5.41, 5.74) is 5.40. The van der Waals surface area contributed by atoms with E-state index < -0.39 is 6.10 Å². The smallest absolute Gasteiger partial charge is 0.250 e. The third-order valence-electron chi connectivity index (χ3n) is 2.96. The number of hydrogen-bond acceptors (Lipinski definition) is 4. The maximum absolute atomic E-state index is 11.5. The summed E-state index contributed by atoms with van der Waals surface area (Å²) in [7, 11) is 1.50. The van der Waals surface area contributed by atoms with Crippen LogP contribution in [0.2, 0.25) is 0 Å². The van der Waals surface area contributed by atoms with E-state index in [4.69, 9.17) is 10.5 Å². The fraction of sp³-hybridized carbons (Fsp3) is 0.909. The lowest BCUT2D eigenvalue weighted by molar-refractivity contribution is -0.130. The molecule has 1 saturated carbocycles. The summed E-state index contributed by atoms with van der Waals surface area (Å²) < 4.78 is 4.95. The molecule has 1 aliphatic rings. The molecule has 0 aromatic carbocycles. The number of amides is 1. The molecule has 0 heterocycles. The highest BCUT2D eigenvalue weighted by Gasteiger charge is 2.27. The van der Waals surface area contributed by atoms with E-state index in [2.05, 4.69) is 17.1 Å². The van der Waals surface area contributed by atoms with Gasteiger partial charge in [0.15, 0.2) is 0 Å². The van der Waals surface area contributed by atoms with Gasteiger partial charge in [-0.1, -0.05) is 6.92 Å². The van der Waals surface area contributed by atoms with Gasteiger partial charge in [-0.05, 0) is 19.4 Å². The zero-order chi connectivity index (χ0) is 12.0. The van der Waals surface area contributed by atoms with Crippen LogP contribution in [0.5, 0.6) is 0 Å². The van der Waals surface area contributed by atoms with Crippen LogP contribution < -0.4 is 11.1 Å². The van der Waals surface area contributed by atoms with E-state index in [1.165, 1.54) is 20.0 Å². The average molecular weight is 229 g/mol. The molecule has 5 heteroatoms. The quantitative estimate of drug-likeness (QED) is 0.592. The third-order valence-corrected chi connectivity index (χ3v) is 2.96. The van der Waals surface area contributed by atoms with Crippen molar-refractivity contribution in [3.8, 4) is 0 Å². The van der Waals surface area contributed by atoms with Crippen molar-refractivity contribution in [3.05, 3.63) is 0 Å². The van der Waals surface area contributed by atoms with Gasteiger partial charge in [-0.25, -0.2) is 0 Å². The normalized spacial score (nSPS) is 17.5. The molecular formula is C11H23N3O2. The van der Waals surface area contributed by atoms with Crippen molar-refractivity contribution in [1.82, 2.24) is 10.2 Å². The van der Waals surface area contributed by atoms with E-state index in [0.29, 0.717) is 6.54 Å². The van der Waals surface area contributed by atoms with Gasteiger partial charge in [-0.2, -0.15) is 0 Å². The lowest BCUT2D eigenvalue weighted by Crippen LogP contribution is -2.43. The Morgan fingerprint density at radius 3 is 2.75 bits per heavy atom. The van der Waals surface area contributed by atoms with Crippen molar-refractivity contribution in [2.75, 3.05) is 33.3 Å². The average Bonchev–Trinajstić information content (AvgIpc) is 3.10. The van der Waals surface area contributed by atoms with Gasteiger partial charge >= 0.3 is 0 Å². The molecule has 94 valence electrons. The number of likely N-dealkylation sites (N-methyl/N-ethyl adjacent to an activating group) is 1. The molecule has 0 bridgehead atoms. The Kier molecular flexibility index (Phi) is 5.73. The van der Waals surface area contributed by atoms with E-state index >= 15 is 0 Å². The first kappa shape index (κ1) is 13.4. The predicted molar refractivity (Wildman–Crippen MR) is 63.1 cm³/mol. The van der Waals surface area contributed by atoms with Crippen molar-refractivity contribution in [3.63, 3.8) is 0 Å². The molecule has 16 heavy (non-hydrogen) atoms. The van der Waals surface area contributed by atoms with Crippen molar-refractivity contribution in [1.29, 1.82) is 0 Å². The fourth-order valence-electron chi connectivity index (χ4n) is 1.79. The summed E-state index contributed by atoms with van der Waals surface area (Å²) in [5, 5.41) is 2.85. The molecule has 1 amide bonds. The first-order valence-corrected chi connectivity index (χ1v) is 5.97. The first-order chi connectivity index (χ1) is 7.72. The summed E-state index contributed by atoms with van der Waals surface area (Å²) >= 11 is 0. The molecule has 0 radical (unpaired) electrons. The fourth-order valence-corrected chi connectivity index (χ4v) is 1.79. The molecule has 0 aromatic heterocycles. The van der Waals surface area contributed by atoms with Crippen LogP contribution >= 0.6 is 0 Å². The molecule has 0 aromatic rings. The second kappa shape index (κ2) is 6.83. The Hall–Kier alpha value is -0.650. The minimum absolute atomic E-state index is 0.114. The van der Waals surface area contributed by atoms with Gasteiger partial charge in [-0.15, -0.1) is 0 Å². The van der Waals surface area contributed by atoms with E-state index in [0.717, 1.165) is 19.1 Å². The van der Waals surface area contributed by atoms with Crippen LogP contribution in [0.15, 0.2) is 0 Å². The molecule has 1 aliphatic carbocycles. The largest absolute Gasteiger partial charge is 0.370 e. The highest BCUT2D eigenvalue weighted by molar-refractivity contribution is 5.80. The molecule has 0 spiro atoms. The Bertz CT molecular complexity index is 215. The second-order valence-electron chi connectivity index (χ2n) is 4.11. The van der Waals surface area contributed by atoms with Gasteiger partial charge in [0.25, 0.3) is 0 Å². The molecule has 1 atom stereocenters. The van der Waals surface area contributed by atoms with Gasteiger partial charge in [0.2, 0.25) is 5.91 Å². The Balaban J connectivity index is 2.15. The van der Waals surface area contributed by atoms with Gasteiger partial charge in [-0.3, -0.25) is 9.69 Å². The van der Waals surface area contributed by atoms with Gasteiger partial charge in [0, 0.05) is 32.8 Å². The number of nitrogens with one attached hydrogen (secondary N) is 1. The number of rotatable bonds is 8. The second-order valence-corrected chi connectivity index (χ2v) is 4.11. The van der Waals surface area contributed by atoms with E-state index in [1.54, 1.807) is 0 Å². The topological polar surface area (TPSA) is 67.6 Å². The monoisotopic (exact) mass is 229 g/mol. The summed E-state index contributed by atoms with van der Waals surface area (Å²) in [6.07, 6.45) is 2.08. The molecule has 0 aliphatic heterocycles. The zero-order valence-corrected chi connectivity index (χ0v) is 10.2. The third kappa shape index (κ3) is 4.08. The first-order valence-electron chi connectivity index (χ1n) is 5.97. The van der Waals surface area contributed by atoms with E-state index in [9.17, 15) is 4.79 Å². The van der Waals surface area contributed by atoms with Crippen molar-refractivity contribution in [2.24, 2.45) is 5.73 Å². The van der Waals surface area contributed by atoms with Crippen LogP contribution in [-0.4, -0.2) is 56.2 Å². The maximum Gasteiger partial charge on any atom is 0.250 e. The number of carbonyl (C=O) groups excluding carboxylic acids is 1. The Morgan fingerprint density at radius 1 is 1.62 bits per heavy atom. The number of ether oxygens (including phenoxy) is 1. The SMILES string of the molecule is CCN(CCNC(=O)C(CN)OC)C1CC1. The van der Waals surface area contributed by atoms with Crippen molar-refractivity contribution >= 4 is 5.91 Å². The minimum atomic E-state index is -0.518. The number of nitrogens with two attached hydrogens (primary N) is 1. The van der Waals surface area contributed by atoms with Gasteiger partial charge < -0.3 is 15.8 Å². The van der Waals surface area contributed by atoms with Crippen molar-refractivity contribution < 1.29 is 9.53 Å². The highest BCUT2D eigenvalue weighted by atomic mass is 16.5. The van der Waals surface area contributed by atoms with Crippen LogP contribution in [0.25, 0.3) is 0 Å². The Morgan fingerprint density at radius 2 is 2.31 bits per heavy atom. The van der Waals surface area contributed by atoms with Gasteiger partial charge in [0.05, 0.1) is 0 Å². The van der Waals surface area contributed by atoms with E-state index in [1.807, 2.05) is 0 Å². The number of carbonyl (C=O) groups is 1. The zero-order valence-electron chi connectivity index (χ0n) is 10.2. The highest BCUT2D eigenvalue weighted by Crippen LogP contribution is 2.25. The van der Waals surface area contributed by atoms with Crippen LogP contribution in [-0.2, 0) is 9.53 Å². The Labute approximate surface area is 97.3 Å². The van der Waals surface area contributed by atoms with Crippen LogP contribution in [0.4, 0.5) is 0 Å². The molecular weight excluding hydrogens is 206 g/mol.